The second kappa shape index (κ2) is 7.85. The molecule has 112 valence electrons. The van der Waals surface area contributed by atoms with E-state index in [4.69, 9.17) is 10.5 Å². The number of hydrogen-bond donors (Lipinski definition) is 2. The van der Waals surface area contributed by atoms with Crippen LogP contribution in [0.4, 0.5) is 0 Å². The van der Waals surface area contributed by atoms with Gasteiger partial charge in [0.2, 0.25) is 5.91 Å². The largest absolute Gasteiger partial charge is 0.378 e. The Labute approximate surface area is 117 Å². The van der Waals surface area contributed by atoms with E-state index in [1.165, 1.54) is 6.42 Å². The van der Waals surface area contributed by atoms with Gasteiger partial charge in [-0.05, 0) is 37.5 Å². The Morgan fingerprint density at radius 1 is 1.26 bits per heavy atom. The first-order valence-electron chi connectivity index (χ1n) is 7.55. The highest BCUT2D eigenvalue weighted by Gasteiger charge is 2.25. The predicted octanol–water partition coefficient (Wildman–Crippen LogP) is 2.07. The maximum atomic E-state index is 11.3. The molecule has 0 spiro atoms. The molecule has 0 heterocycles. The summed E-state index contributed by atoms with van der Waals surface area (Å²) < 4.78 is 5.94. The number of carbonyl (C=O) groups excluding carboxylic acids is 1. The first-order chi connectivity index (χ1) is 8.88. The fourth-order valence-corrected chi connectivity index (χ4v) is 3.07. The molecule has 0 aliphatic heterocycles. The smallest absolute Gasteiger partial charge is 0.234 e. The summed E-state index contributed by atoms with van der Waals surface area (Å²) in [5.41, 5.74) is 5.39. The van der Waals surface area contributed by atoms with Crippen molar-refractivity contribution in [1.29, 1.82) is 0 Å². The van der Waals surface area contributed by atoms with Crippen molar-refractivity contribution in [2.75, 3.05) is 6.61 Å². The van der Waals surface area contributed by atoms with Gasteiger partial charge in [0.15, 0.2) is 0 Å². The lowest BCUT2D eigenvalue weighted by Gasteiger charge is -2.31. The van der Waals surface area contributed by atoms with Gasteiger partial charge in [0, 0.05) is 12.6 Å². The van der Waals surface area contributed by atoms with E-state index in [2.05, 4.69) is 19.2 Å². The Morgan fingerprint density at radius 3 is 2.32 bits per heavy atom. The van der Waals surface area contributed by atoms with Gasteiger partial charge in [-0.1, -0.05) is 27.7 Å². The van der Waals surface area contributed by atoms with Crippen LogP contribution in [0.5, 0.6) is 0 Å². The number of rotatable bonds is 7. The number of nitrogens with two attached hydrogens (primary N) is 1. The third-order valence-corrected chi connectivity index (χ3v) is 3.77. The monoisotopic (exact) mass is 270 g/mol. The zero-order chi connectivity index (χ0) is 14.4. The van der Waals surface area contributed by atoms with Crippen LogP contribution in [0.3, 0.4) is 0 Å². The van der Waals surface area contributed by atoms with Crippen LogP contribution < -0.4 is 11.1 Å². The van der Waals surface area contributed by atoms with Gasteiger partial charge >= 0.3 is 0 Å². The van der Waals surface area contributed by atoms with Gasteiger partial charge in [0.1, 0.15) is 0 Å². The number of amides is 1. The fraction of sp³-hybridized carbons (Fsp3) is 0.933. The molecular weight excluding hydrogens is 240 g/mol. The number of carbonyl (C=O) groups is 1. The van der Waals surface area contributed by atoms with E-state index in [9.17, 15) is 4.79 Å². The zero-order valence-corrected chi connectivity index (χ0v) is 12.8. The van der Waals surface area contributed by atoms with Crippen molar-refractivity contribution in [3.63, 3.8) is 0 Å². The van der Waals surface area contributed by atoms with E-state index in [-0.39, 0.29) is 18.0 Å². The van der Waals surface area contributed by atoms with Crippen LogP contribution in [-0.2, 0) is 9.53 Å². The van der Waals surface area contributed by atoms with Crippen LogP contribution in [0.1, 0.15) is 53.4 Å². The van der Waals surface area contributed by atoms with Crippen molar-refractivity contribution >= 4 is 5.91 Å². The fourth-order valence-electron chi connectivity index (χ4n) is 3.07. The normalized spacial score (nSPS) is 29.4. The molecule has 1 rings (SSSR count). The molecule has 19 heavy (non-hydrogen) atoms. The van der Waals surface area contributed by atoms with E-state index in [0.717, 1.165) is 24.7 Å². The Morgan fingerprint density at radius 2 is 1.84 bits per heavy atom. The van der Waals surface area contributed by atoms with Crippen molar-refractivity contribution in [2.45, 2.75) is 71.6 Å². The van der Waals surface area contributed by atoms with Crippen LogP contribution in [0, 0.1) is 11.8 Å². The third-order valence-electron chi connectivity index (χ3n) is 3.77. The van der Waals surface area contributed by atoms with Gasteiger partial charge < -0.3 is 15.8 Å². The van der Waals surface area contributed by atoms with E-state index in [1.54, 1.807) is 0 Å². The standard InChI is InChI=1S/C15H30N2O2/c1-10(2)17-14(15(16)18)5-6-19-13-8-11(3)7-12(4)9-13/h10-14,17H,5-9H2,1-4H3,(H2,16,18). The predicted molar refractivity (Wildman–Crippen MR) is 77.8 cm³/mol. The molecule has 0 aromatic carbocycles. The molecule has 1 fully saturated rings. The van der Waals surface area contributed by atoms with Crippen molar-refractivity contribution in [3.8, 4) is 0 Å². The topological polar surface area (TPSA) is 64.3 Å². The molecule has 3 atom stereocenters. The molecule has 1 amide bonds. The van der Waals surface area contributed by atoms with E-state index < -0.39 is 0 Å². The number of ether oxygens (including phenoxy) is 1. The van der Waals surface area contributed by atoms with Gasteiger partial charge in [-0.2, -0.15) is 0 Å². The molecule has 1 aliphatic carbocycles. The molecule has 0 bridgehead atoms. The highest BCUT2D eigenvalue weighted by Crippen LogP contribution is 2.30. The average molecular weight is 270 g/mol. The molecule has 1 saturated carbocycles. The number of nitrogens with one attached hydrogen (secondary N) is 1. The quantitative estimate of drug-likeness (QED) is 0.744. The minimum atomic E-state index is -0.289. The summed E-state index contributed by atoms with van der Waals surface area (Å²) in [5, 5.41) is 3.18. The lowest BCUT2D eigenvalue weighted by Crippen LogP contribution is -2.45. The first kappa shape index (κ1) is 16.4. The van der Waals surface area contributed by atoms with Gasteiger partial charge in [0.05, 0.1) is 12.1 Å². The first-order valence-corrected chi connectivity index (χ1v) is 7.55. The summed E-state index contributed by atoms with van der Waals surface area (Å²) in [6, 6.07) is -0.0225. The molecule has 0 aromatic heterocycles. The van der Waals surface area contributed by atoms with Crippen LogP contribution in [0.15, 0.2) is 0 Å². The molecule has 0 saturated heterocycles. The zero-order valence-electron chi connectivity index (χ0n) is 12.8. The summed E-state index contributed by atoms with van der Waals surface area (Å²) >= 11 is 0. The molecule has 4 nitrogen and oxygen atoms in total. The SMILES string of the molecule is CC1CC(C)CC(OCCC(NC(C)C)C(N)=O)C1. The molecule has 4 heteroatoms. The highest BCUT2D eigenvalue weighted by molar-refractivity contribution is 5.79. The number of hydrogen-bond acceptors (Lipinski definition) is 3. The average Bonchev–Trinajstić information content (AvgIpc) is 2.25. The maximum absolute atomic E-state index is 11.3. The van der Waals surface area contributed by atoms with Crippen molar-refractivity contribution < 1.29 is 9.53 Å². The van der Waals surface area contributed by atoms with Gasteiger partial charge in [0.25, 0.3) is 0 Å². The van der Waals surface area contributed by atoms with Crippen molar-refractivity contribution in [2.24, 2.45) is 17.6 Å². The van der Waals surface area contributed by atoms with Gasteiger partial charge in [-0.15, -0.1) is 0 Å². The van der Waals surface area contributed by atoms with Crippen molar-refractivity contribution in [3.05, 3.63) is 0 Å². The molecule has 1 aliphatic rings. The third kappa shape index (κ3) is 6.39. The minimum Gasteiger partial charge on any atom is -0.378 e. The Hall–Kier alpha value is -0.610. The molecule has 0 radical (unpaired) electrons. The summed E-state index contributed by atoms with van der Waals surface area (Å²) in [7, 11) is 0. The van der Waals surface area contributed by atoms with Gasteiger partial charge in [-0.25, -0.2) is 0 Å². The maximum Gasteiger partial charge on any atom is 0.234 e. The Balaban J connectivity index is 2.29. The van der Waals surface area contributed by atoms with Gasteiger partial charge in [-0.3, -0.25) is 4.79 Å². The Bertz CT molecular complexity index is 271. The van der Waals surface area contributed by atoms with Crippen LogP contribution in [0.25, 0.3) is 0 Å². The summed E-state index contributed by atoms with van der Waals surface area (Å²) in [6.07, 6.45) is 4.60. The summed E-state index contributed by atoms with van der Waals surface area (Å²) in [5.74, 6) is 1.20. The molecule has 3 unspecified atom stereocenters. The van der Waals surface area contributed by atoms with Crippen LogP contribution in [0.2, 0.25) is 0 Å². The highest BCUT2D eigenvalue weighted by atomic mass is 16.5. The van der Waals surface area contributed by atoms with Crippen molar-refractivity contribution in [1.82, 2.24) is 5.32 Å². The second-order valence-corrected chi connectivity index (χ2v) is 6.48. The number of primary amides is 1. The minimum absolute atomic E-state index is 0.257. The summed E-state index contributed by atoms with van der Waals surface area (Å²) in [4.78, 5) is 11.3. The second-order valence-electron chi connectivity index (χ2n) is 6.48. The van der Waals surface area contributed by atoms with Crippen LogP contribution >= 0.6 is 0 Å². The molecular formula is C15H30N2O2. The summed E-state index contributed by atoms with van der Waals surface area (Å²) in [6.45, 7) is 9.22. The van der Waals surface area contributed by atoms with E-state index in [0.29, 0.717) is 19.1 Å². The lowest BCUT2D eigenvalue weighted by atomic mass is 9.82. The lowest BCUT2D eigenvalue weighted by molar-refractivity contribution is -0.121. The van der Waals surface area contributed by atoms with E-state index >= 15 is 0 Å². The van der Waals surface area contributed by atoms with E-state index in [1.807, 2.05) is 13.8 Å². The molecule has 3 N–H and O–H groups in total. The van der Waals surface area contributed by atoms with Crippen LogP contribution in [-0.4, -0.2) is 30.7 Å². The molecule has 0 aromatic rings. The Kier molecular flexibility index (Phi) is 6.80.